The van der Waals surface area contributed by atoms with Crippen LogP contribution in [0.2, 0.25) is 0 Å². The van der Waals surface area contributed by atoms with Gasteiger partial charge in [-0.05, 0) is 40.2 Å². The van der Waals surface area contributed by atoms with Gasteiger partial charge >= 0.3 is 0 Å². The number of amides is 3. The van der Waals surface area contributed by atoms with Crippen LogP contribution in [-0.4, -0.2) is 58.2 Å². The van der Waals surface area contributed by atoms with Gasteiger partial charge in [0.15, 0.2) is 0 Å². The molecule has 3 heterocycles. The Kier molecular flexibility index (Phi) is 4.20. The number of aromatic nitrogens is 1. The van der Waals surface area contributed by atoms with E-state index in [1.165, 1.54) is 0 Å². The maximum Gasteiger partial charge on any atom is 0.262 e. The number of pyridine rings is 1. The lowest BCUT2D eigenvalue weighted by Gasteiger charge is -2.39. The predicted molar refractivity (Wildman–Crippen MR) is 94.7 cm³/mol. The molecule has 0 N–H and O–H groups in total. The Labute approximate surface area is 157 Å². The minimum absolute atomic E-state index is 0.160. The van der Waals surface area contributed by atoms with Crippen molar-refractivity contribution in [1.82, 2.24) is 14.8 Å². The monoisotopic (exact) mass is 415 g/mol. The topological polar surface area (TPSA) is 79.8 Å². The molecule has 0 bridgehead atoms. The minimum atomic E-state index is -0.426. The molecule has 4 rings (SSSR count). The Balaban J connectivity index is 1.34. The number of hydrogen-bond acceptors (Lipinski definition) is 5. The third-order valence-corrected chi connectivity index (χ3v) is 4.98. The second kappa shape index (κ2) is 6.53. The molecule has 0 aliphatic carbocycles. The summed E-state index contributed by atoms with van der Waals surface area (Å²) >= 11 is 3.36. The van der Waals surface area contributed by atoms with Crippen molar-refractivity contribution in [2.75, 3.05) is 19.6 Å². The van der Waals surface area contributed by atoms with Crippen LogP contribution in [0.3, 0.4) is 0 Å². The number of halogens is 1. The van der Waals surface area contributed by atoms with Gasteiger partial charge in [0.05, 0.1) is 28.7 Å². The smallest absolute Gasteiger partial charge is 0.262 e. The van der Waals surface area contributed by atoms with E-state index in [4.69, 9.17) is 4.74 Å². The summed E-state index contributed by atoms with van der Waals surface area (Å²) in [6.45, 7) is 0.530. The zero-order valence-corrected chi connectivity index (χ0v) is 15.2. The normalized spacial score (nSPS) is 16.5. The maximum absolute atomic E-state index is 12.4. The van der Waals surface area contributed by atoms with Crippen LogP contribution in [0.25, 0.3) is 0 Å². The average molecular weight is 416 g/mol. The van der Waals surface area contributed by atoms with E-state index >= 15 is 0 Å². The fraction of sp³-hybridized carbons (Fsp3) is 0.222. The number of hydrogen-bond donors (Lipinski definition) is 0. The van der Waals surface area contributed by atoms with Crippen molar-refractivity contribution >= 4 is 33.7 Å². The summed E-state index contributed by atoms with van der Waals surface area (Å²) in [5.41, 5.74) is 0.685. The van der Waals surface area contributed by atoms with Gasteiger partial charge in [0.1, 0.15) is 12.6 Å². The van der Waals surface area contributed by atoms with Gasteiger partial charge < -0.3 is 9.64 Å². The van der Waals surface area contributed by atoms with E-state index in [1.807, 2.05) is 6.07 Å². The molecule has 2 aliphatic rings. The Morgan fingerprint density at radius 1 is 1.12 bits per heavy atom. The summed E-state index contributed by atoms with van der Waals surface area (Å²) in [6.07, 6.45) is 1.47. The van der Waals surface area contributed by atoms with Crippen LogP contribution in [0, 0.1) is 0 Å². The lowest BCUT2D eigenvalue weighted by molar-refractivity contribution is -0.140. The molecule has 132 valence electrons. The first-order valence-corrected chi connectivity index (χ1v) is 8.84. The zero-order valence-electron chi connectivity index (χ0n) is 13.6. The van der Waals surface area contributed by atoms with Gasteiger partial charge in [-0.2, -0.15) is 0 Å². The number of carbonyl (C=O) groups excluding carboxylic acids is 3. The number of benzene rings is 1. The number of likely N-dealkylation sites (tertiary alicyclic amines) is 1. The summed E-state index contributed by atoms with van der Waals surface area (Å²) in [4.78, 5) is 43.7. The maximum atomic E-state index is 12.4. The average Bonchev–Trinajstić information content (AvgIpc) is 2.84. The number of rotatable bonds is 4. The second-order valence-electron chi connectivity index (χ2n) is 6.07. The molecule has 0 saturated carbocycles. The second-order valence-corrected chi connectivity index (χ2v) is 6.93. The fourth-order valence-corrected chi connectivity index (χ4v) is 3.30. The van der Waals surface area contributed by atoms with E-state index in [-0.39, 0.29) is 18.6 Å². The highest BCUT2D eigenvalue weighted by molar-refractivity contribution is 9.10. The lowest BCUT2D eigenvalue weighted by atomic mass is 10.1. The Morgan fingerprint density at radius 2 is 1.77 bits per heavy atom. The molecule has 0 spiro atoms. The largest absolute Gasteiger partial charge is 0.470 e. The van der Waals surface area contributed by atoms with Gasteiger partial charge in [0.2, 0.25) is 11.8 Å². The van der Waals surface area contributed by atoms with Crippen molar-refractivity contribution in [3.8, 4) is 5.88 Å². The van der Waals surface area contributed by atoms with Crippen molar-refractivity contribution in [2.24, 2.45) is 0 Å². The van der Waals surface area contributed by atoms with Crippen LogP contribution in [0.1, 0.15) is 20.7 Å². The molecule has 2 aromatic rings. The van der Waals surface area contributed by atoms with Gasteiger partial charge in [-0.3, -0.25) is 19.3 Å². The first-order chi connectivity index (χ1) is 12.5. The Morgan fingerprint density at radius 3 is 2.38 bits per heavy atom. The third-order valence-electron chi connectivity index (χ3n) is 4.38. The lowest BCUT2D eigenvalue weighted by Crippen LogP contribution is -2.58. The zero-order chi connectivity index (χ0) is 18.3. The summed E-state index contributed by atoms with van der Waals surface area (Å²) in [7, 11) is 0. The van der Waals surface area contributed by atoms with E-state index in [1.54, 1.807) is 41.4 Å². The quantitative estimate of drug-likeness (QED) is 0.710. The van der Waals surface area contributed by atoms with Gasteiger partial charge in [0.25, 0.3) is 11.8 Å². The van der Waals surface area contributed by atoms with Crippen LogP contribution >= 0.6 is 15.9 Å². The van der Waals surface area contributed by atoms with E-state index in [2.05, 4.69) is 20.9 Å². The molecule has 1 saturated heterocycles. The molecule has 0 atom stereocenters. The summed E-state index contributed by atoms with van der Waals surface area (Å²) in [5.74, 6) is -0.654. The van der Waals surface area contributed by atoms with Crippen molar-refractivity contribution in [3.05, 3.63) is 58.2 Å². The first kappa shape index (κ1) is 16.7. The van der Waals surface area contributed by atoms with Gasteiger partial charge in [0, 0.05) is 6.20 Å². The highest BCUT2D eigenvalue weighted by Crippen LogP contribution is 2.25. The molecule has 1 fully saturated rings. The molecule has 3 amide bonds. The van der Waals surface area contributed by atoms with E-state index in [0.717, 1.165) is 9.37 Å². The summed E-state index contributed by atoms with van der Waals surface area (Å²) in [6, 6.07) is 10.2. The van der Waals surface area contributed by atoms with Crippen LogP contribution in [0.4, 0.5) is 0 Å². The highest BCUT2D eigenvalue weighted by Gasteiger charge is 2.39. The Hall–Kier alpha value is -2.74. The third kappa shape index (κ3) is 2.86. The summed E-state index contributed by atoms with van der Waals surface area (Å²) < 4.78 is 6.47. The number of carbonyl (C=O) groups is 3. The van der Waals surface area contributed by atoms with Crippen LogP contribution in [-0.2, 0) is 4.79 Å². The highest BCUT2D eigenvalue weighted by atomic mass is 79.9. The molecule has 1 aromatic carbocycles. The molecule has 26 heavy (non-hydrogen) atoms. The van der Waals surface area contributed by atoms with Crippen molar-refractivity contribution in [3.63, 3.8) is 0 Å². The number of fused-ring (bicyclic) bond motifs is 1. The predicted octanol–water partition coefficient (Wildman–Crippen LogP) is 1.73. The first-order valence-electron chi connectivity index (χ1n) is 8.05. The molecular weight excluding hydrogens is 402 g/mol. The van der Waals surface area contributed by atoms with E-state index in [9.17, 15) is 14.4 Å². The standard InChI is InChI=1S/C18H14BrN3O4/c19-14-6-3-7-20-16(14)26-11-8-21(9-11)15(23)10-22-17(24)12-4-1-2-5-13(12)18(22)25/h1-7,11H,8-10H2. The van der Waals surface area contributed by atoms with Crippen LogP contribution in [0.15, 0.2) is 47.1 Å². The van der Waals surface area contributed by atoms with Gasteiger partial charge in [-0.15, -0.1) is 0 Å². The molecule has 0 unspecified atom stereocenters. The molecule has 7 nitrogen and oxygen atoms in total. The SMILES string of the molecule is O=C(CN1C(=O)c2ccccc2C1=O)N1CC(Oc2ncccc2Br)C1. The van der Waals surface area contributed by atoms with Gasteiger partial charge in [-0.1, -0.05) is 12.1 Å². The number of imide groups is 1. The van der Waals surface area contributed by atoms with Crippen LogP contribution in [0.5, 0.6) is 5.88 Å². The molecular formula is C18H14BrN3O4. The summed E-state index contributed by atoms with van der Waals surface area (Å²) in [5, 5.41) is 0. The number of nitrogens with zero attached hydrogens (tertiary/aromatic N) is 3. The number of ether oxygens (including phenoxy) is 1. The van der Waals surface area contributed by atoms with E-state index < -0.39 is 11.8 Å². The molecule has 1 aromatic heterocycles. The molecule has 8 heteroatoms. The fourth-order valence-electron chi connectivity index (χ4n) is 2.95. The molecule has 0 radical (unpaired) electrons. The Bertz CT molecular complexity index is 876. The van der Waals surface area contributed by atoms with Crippen molar-refractivity contribution < 1.29 is 19.1 Å². The van der Waals surface area contributed by atoms with Crippen LogP contribution < -0.4 is 4.74 Å². The molecule has 2 aliphatic heterocycles. The van der Waals surface area contributed by atoms with E-state index in [0.29, 0.717) is 30.1 Å². The van der Waals surface area contributed by atoms with Gasteiger partial charge in [-0.25, -0.2) is 4.98 Å². The minimum Gasteiger partial charge on any atom is -0.470 e. The van der Waals surface area contributed by atoms with Crippen molar-refractivity contribution in [1.29, 1.82) is 0 Å². The van der Waals surface area contributed by atoms with Crippen molar-refractivity contribution in [2.45, 2.75) is 6.10 Å².